The Morgan fingerprint density at radius 3 is 2.45 bits per heavy atom. The number of isocyanates is 1. The van der Waals surface area contributed by atoms with Crippen LogP contribution >= 0.6 is 0 Å². The minimum absolute atomic E-state index is 0.238. The zero-order valence-corrected chi connectivity index (χ0v) is 7.85. The van der Waals surface area contributed by atoms with Gasteiger partial charge in [0, 0.05) is 0 Å². The van der Waals surface area contributed by atoms with Crippen molar-refractivity contribution in [3.8, 4) is 0 Å². The van der Waals surface area contributed by atoms with E-state index in [9.17, 15) is 4.79 Å². The second-order valence-electron chi connectivity index (χ2n) is 3.55. The molecule has 0 fully saturated rings. The van der Waals surface area contributed by atoms with E-state index in [1.165, 1.54) is 0 Å². The van der Waals surface area contributed by atoms with Crippen LogP contribution in [0.2, 0.25) is 0 Å². The smallest absolute Gasteiger partial charge is 0.211 e. The molecule has 0 bridgehead atoms. The maximum absolute atomic E-state index is 10.0. The third-order valence-corrected chi connectivity index (χ3v) is 2.26. The van der Waals surface area contributed by atoms with Crippen molar-refractivity contribution in [1.82, 2.24) is 0 Å². The molecular weight excluding hydrogens is 138 g/mol. The van der Waals surface area contributed by atoms with E-state index >= 15 is 0 Å². The Morgan fingerprint density at radius 2 is 2.09 bits per heavy atom. The van der Waals surface area contributed by atoms with Crippen molar-refractivity contribution in [1.29, 1.82) is 0 Å². The minimum Gasteiger partial charge on any atom is -0.211 e. The molecule has 0 aliphatic rings. The van der Waals surface area contributed by atoms with Crippen LogP contribution in [0.15, 0.2) is 4.99 Å². The molecule has 11 heavy (non-hydrogen) atoms. The summed E-state index contributed by atoms with van der Waals surface area (Å²) in [6, 6.07) is 0. The van der Waals surface area contributed by atoms with Gasteiger partial charge in [-0.25, -0.2) is 4.79 Å². The fourth-order valence-corrected chi connectivity index (χ4v) is 1.01. The molecule has 0 heterocycles. The quantitative estimate of drug-likeness (QED) is 0.453. The lowest BCUT2D eigenvalue weighted by molar-refractivity contribution is 0.326. The van der Waals surface area contributed by atoms with Gasteiger partial charge in [0.2, 0.25) is 6.08 Å². The predicted octanol–water partition coefficient (Wildman–Crippen LogP) is 2.54. The summed E-state index contributed by atoms with van der Waals surface area (Å²) in [5, 5.41) is 0. The molecule has 0 aromatic carbocycles. The van der Waals surface area contributed by atoms with E-state index in [1.54, 1.807) is 6.08 Å². The van der Waals surface area contributed by atoms with E-state index in [0.29, 0.717) is 5.92 Å². The van der Waals surface area contributed by atoms with E-state index in [2.05, 4.69) is 18.8 Å². The first-order valence-electron chi connectivity index (χ1n) is 4.13. The van der Waals surface area contributed by atoms with Crippen molar-refractivity contribution in [2.24, 2.45) is 10.9 Å². The third kappa shape index (κ3) is 3.33. The first kappa shape index (κ1) is 10.4. The van der Waals surface area contributed by atoms with E-state index in [4.69, 9.17) is 0 Å². The first-order valence-corrected chi connectivity index (χ1v) is 4.13. The predicted molar refractivity (Wildman–Crippen MR) is 46.3 cm³/mol. The zero-order valence-electron chi connectivity index (χ0n) is 7.85. The summed E-state index contributed by atoms with van der Waals surface area (Å²) >= 11 is 0. The van der Waals surface area contributed by atoms with Crippen molar-refractivity contribution in [3.05, 3.63) is 0 Å². The Bertz CT molecular complexity index is 157. The van der Waals surface area contributed by atoms with Crippen LogP contribution in [0.25, 0.3) is 0 Å². The standard InChI is InChI=1S/C9H17NO/c1-5-6-8(2)9(3,4)10-7-11/h8H,5-6H2,1-4H3. The number of hydrogen-bond donors (Lipinski definition) is 0. The Kier molecular flexibility index (Phi) is 4.06. The number of aliphatic imine (C=N–C) groups is 1. The summed E-state index contributed by atoms with van der Waals surface area (Å²) in [5.74, 6) is 0.453. The van der Waals surface area contributed by atoms with Crippen LogP contribution in [0.1, 0.15) is 40.5 Å². The van der Waals surface area contributed by atoms with Crippen molar-refractivity contribution in [3.63, 3.8) is 0 Å². The second kappa shape index (κ2) is 4.30. The lowest BCUT2D eigenvalue weighted by atomic mass is 9.86. The monoisotopic (exact) mass is 155 g/mol. The molecule has 0 aliphatic carbocycles. The van der Waals surface area contributed by atoms with Crippen LogP contribution in [0.4, 0.5) is 0 Å². The minimum atomic E-state index is -0.238. The highest BCUT2D eigenvalue weighted by Crippen LogP contribution is 2.24. The molecule has 2 heteroatoms. The van der Waals surface area contributed by atoms with Gasteiger partial charge in [-0.3, -0.25) is 0 Å². The van der Waals surface area contributed by atoms with Gasteiger partial charge in [0.25, 0.3) is 0 Å². The van der Waals surface area contributed by atoms with E-state index < -0.39 is 0 Å². The fourth-order valence-electron chi connectivity index (χ4n) is 1.01. The van der Waals surface area contributed by atoms with Crippen molar-refractivity contribution in [2.75, 3.05) is 0 Å². The second-order valence-corrected chi connectivity index (χ2v) is 3.55. The fraction of sp³-hybridized carbons (Fsp3) is 0.889. The van der Waals surface area contributed by atoms with Gasteiger partial charge >= 0.3 is 0 Å². The van der Waals surface area contributed by atoms with Gasteiger partial charge in [-0.2, -0.15) is 4.99 Å². The Labute approximate surface area is 68.7 Å². The highest BCUT2D eigenvalue weighted by molar-refractivity contribution is 5.34. The molecule has 0 saturated carbocycles. The molecule has 0 rings (SSSR count). The average Bonchev–Trinajstić information content (AvgIpc) is 1.88. The number of carbonyl (C=O) groups excluding carboxylic acids is 1. The molecule has 2 nitrogen and oxygen atoms in total. The molecule has 0 aliphatic heterocycles. The molecule has 64 valence electrons. The molecule has 1 atom stereocenters. The lowest BCUT2D eigenvalue weighted by Gasteiger charge is -2.25. The number of hydrogen-bond acceptors (Lipinski definition) is 2. The molecule has 0 N–H and O–H groups in total. The Morgan fingerprint density at radius 1 is 1.55 bits per heavy atom. The maximum atomic E-state index is 10.0. The number of nitrogens with zero attached hydrogens (tertiary/aromatic N) is 1. The first-order chi connectivity index (χ1) is 5.04. The van der Waals surface area contributed by atoms with Gasteiger partial charge in [0.1, 0.15) is 0 Å². The molecule has 0 radical (unpaired) electrons. The molecule has 0 aromatic rings. The molecule has 1 unspecified atom stereocenters. The van der Waals surface area contributed by atoms with Crippen LogP contribution in [-0.4, -0.2) is 11.6 Å². The van der Waals surface area contributed by atoms with Crippen LogP contribution in [-0.2, 0) is 4.79 Å². The average molecular weight is 155 g/mol. The van der Waals surface area contributed by atoms with Gasteiger partial charge in [-0.05, 0) is 26.2 Å². The summed E-state index contributed by atoms with van der Waals surface area (Å²) in [7, 11) is 0. The van der Waals surface area contributed by atoms with Crippen molar-refractivity contribution in [2.45, 2.75) is 46.1 Å². The Hall–Kier alpha value is -0.620. The Balaban J connectivity index is 4.15. The van der Waals surface area contributed by atoms with E-state index in [-0.39, 0.29) is 5.54 Å². The highest BCUT2D eigenvalue weighted by Gasteiger charge is 2.23. The largest absolute Gasteiger partial charge is 0.235 e. The molecule has 0 saturated heterocycles. The summed E-state index contributed by atoms with van der Waals surface area (Å²) < 4.78 is 0. The highest BCUT2D eigenvalue weighted by atomic mass is 16.1. The zero-order chi connectivity index (χ0) is 8.91. The van der Waals surface area contributed by atoms with E-state index in [0.717, 1.165) is 12.8 Å². The SMILES string of the molecule is CCCC(C)C(C)(C)N=C=O. The summed E-state index contributed by atoms with van der Waals surface area (Å²) in [5.41, 5.74) is -0.238. The van der Waals surface area contributed by atoms with Gasteiger partial charge in [-0.15, -0.1) is 0 Å². The molecule has 0 amide bonds. The summed E-state index contributed by atoms with van der Waals surface area (Å²) in [4.78, 5) is 13.8. The van der Waals surface area contributed by atoms with Crippen molar-refractivity contribution < 1.29 is 4.79 Å². The summed E-state index contributed by atoms with van der Waals surface area (Å²) in [6.45, 7) is 8.19. The molecule has 0 spiro atoms. The van der Waals surface area contributed by atoms with Crippen LogP contribution < -0.4 is 0 Å². The van der Waals surface area contributed by atoms with Gasteiger partial charge < -0.3 is 0 Å². The maximum Gasteiger partial charge on any atom is 0.235 e. The normalized spacial score (nSPS) is 13.8. The third-order valence-electron chi connectivity index (χ3n) is 2.26. The van der Waals surface area contributed by atoms with Crippen LogP contribution in [0.5, 0.6) is 0 Å². The van der Waals surface area contributed by atoms with Gasteiger partial charge in [-0.1, -0.05) is 20.3 Å². The van der Waals surface area contributed by atoms with Crippen LogP contribution in [0.3, 0.4) is 0 Å². The number of rotatable bonds is 4. The molecule has 0 aromatic heterocycles. The van der Waals surface area contributed by atoms with E-state index in [1.807, 2.05) is 13.8 Å². The summed E-state index contributed by atoms with van der Waals surface area (Å²) in [6.07, 6.45) is 3.87. The van der Waals surface area contributed by atoms with Crippen LogP contribution in [0, 0.1) is 5.92 Å². The topological polar surface area (TPSA) is 29.4 Å². The molecular formula is C9H17NO. The van der Waals surface area contributed by atoms with Crippen molar-refractivity contribution >= 4 is 6.08 Å². The lowest BCUT2D eigenvalue weighted by Crippen LogP contribution is -2.26. The van der Waals surface area contributed by atoms with Gasteiger partial charge in [0.15, 0.2) is 0 Å². The van der Waals surface area contributed by atoms with Gasteiger partial charge in [0.05, 0.1) is 5.54 Å².